The lowest BCUT2D eigenvalue weighted by Crippen LogP contribution is -2.35. The number of aliphatic hydroxyl groups is 1. The van der Waals surface area contributed by atoms with E-state index in [9.17, 15) is 5.11 Å². The van der Waals surface area contributed by atoms with Gasteiger partial charge in [-0.1, -0.05) is 85.0 Å². The van der Waals surface area contributed by atoms with E-state index in [4.69, 9.17) is 47.6 Å². The topological polar surface area (TPSA) is 133 Å². The summed E-state index contributed by atoms with van der Waals surface area (Å²) >= 11 is 0. The zero-order valence-electron chi connectivity index (χ0n) is 36.3. The van der Waals surface area contributed by atoms with Crippen LogP contribution in [-0.2, 0) is 34.5 Å². The molecule has 326 valence electrons. The number of allylic oxidation sites excluding steroid dienone is 3. The summed E-state index contributed by atoms with van der Waals surface area (Å²) in [5.74, 6) is 1.57. The fourth-order valence-electron chi connectivity index (χ4n) is 8.91. The van der Waals surface area contributed by atoms with E-state index in [0.717, 1.165) is 22.1 Å². The molecule has 12 heteroatoms. The van der Waals surface area contributed by atoms with Crippen molar-refractivity contribution in [2.45, 2.75) is 51.4 Å². The minimum absolute atomic E-state index is 0.0793. The molecule has 0 saturated carbocycles. The van der Waals surface area contributed by atoms with E-state index in [1.807, 2.05) is 105 Å². The van der Waals surface area contributed by atoms with Crippen LogP contribution in [0.5, 0.6) is 40.4 Å². The van der Waals surface area contributed by atoms with Gasteiger partial charge in [0.15, 0.2) is 30.9 Å². The van der Waals surface area contributed by atoms with E-state index >= 15 is 4.79 Å². The predicted octanol–water partition coefficient (Wildman–Crippen LogP) is 9.63. The van der Waals surface area contributed by atoms with E-state index in [-0.39, 0.29) is 78.9 Å². The van der Waals surface area contributed by atoms with Gasteiger partial charge in [-0.2, -0.15) is 0 Å². The molecular formula is C51H51NO11. The standard InChI is InChI=1S/C51H51NO11/c1-7-9-12-21-35-25-34-24-33-22-23-51(43(33)47(38(34)50(52-35)59-8-2)61-28-32-19-15-11-16-20-32)48(53)41-42(49(51)54)46(60-27-31-17-13-10-14-18-31)39-36(62-29-55-3)26-37(57-5)44(63-30-56-4)40(39)45(41)58-6/h7,9-21,24-26,48,53H,8,22-23,27-30H2,1-6H3/b9-7+,21-12+. The minimum atomic E-state index is -1.56. The fourth-order valence-corrected chi connectivity index (χ4v) is 8.91. The number of ketones is 1. The summed E-state index contributed by atoms with van der Waals surface area (Å²) in [7, 11) is 6.01. The van der Waals surface area contributed by atoms with Gasteiger partial charge >= 0.3 is 0 Å². The predicted molar refractivity (Wildman–Crippen MR) is 240 cm³/mol. The van der Waals surface area contributed by atoms with Crippen LogP contribution in [0.1, 0.15) is 70.2 Å². The molecule has 1 spiro atoms. The first-order valence-electron chi connectivity index (χ1n) is 20.9. The largest absolute Gasteiger partial charge is 0.496 e. The Balaban J connectivity index is 1.44. The molecule has 2 atom stereocenters. The van der Waals surface area contributed by atoms with Crippen LogP contribution in [0.3, 0.4) is 0 Å². The molecule has 0 fully saturated rings. The normalized spacial score (nSPS) is 16.6. The molecule has 2 aliphatic rings. The Kier molecular flexibility index (Phi) is 12.8. The number of fused-ring (bicyclic) bond motifs is 5. The average molecular weight is 854 g/mol. The maximum atomic E-state index is 16.1. The van der Waals surface area contributed by atoms with Gasteiger partial charge in [-0.25, -0.2) is 4.98 Å². The number of benzene rings is 5. The van der Waals surface area contributed by atoms with Crippen molar-refractivity contribution in [2.75, 3.05) is 48.6 Å². The number of hydrogen-bond donors (Lipinski definition) is 1. The lowest BCUT2D eigenvalue weighted by molar-refractivity contribution is 0.0481. The molecule has 2 aliphatic carbocycles. The van der Waals surface area contributed by atoms with Gasteiger partial charge in [-0.05, 0) is 60.9 Å². The molecule has 5 aromatic carbocycles. The zero-order chi connectivity index (χ0) is 44.1. The molecule has 0 bridgehead atoms. The van der Waals surface area contributed by atoms with Crippen LogP contribution in [0.15, 0.2) is 97.1 Å². The van der Waals surface area contributed by atoms with Gasteiger partial charge in [0.25, 0.3) is 0 Å². The van der Waals surface area contributed by atoms with Crippen LogP contribution in [0.25, 0.3) is 27.6 Å². The molecular weight excluding hydrogens is 803 g/mol. The fraction of sp³-hybridized carbons (Fsp3) is 0.294. The van der Waals surface area contributed by atoms with Crippen LogP contribution >= 0.6 is 0 Å². The third-order valence-electron chi connectivity index (χ3n) is 11.5. The van der Waals surface area contributed by atoms with Gasteiger partial charge in [-0.3, -0.25) is 4.79 Å². The van der Waals surface area contributed by atoms with E-state index in [1.54, 1.807) is 6.07 Å². The van der Waals surface area contributed by atoms with Crippen LogP contribution in [0.2, 0.25) is 0 Å². The van der Waals surface area contributed by atoms with Gasteiger partial charge in [0.2, 0.25) is 5.88 Å². The molecule has 0 amide bonds. The minimum Gasteiger partial charge on any atom is -0.496 e. The summed E-state index contributed by atoms with van der Waals surface area (Å²) in [6.07, 6.45) is 6.97. The number of pyridine rings is 1. The Hall–Kier alpha value is -6.60. The first-order chi connectivity index (χ1) is 30.8. The number of Topliss-reactive ketones (excluding diaryl/α,β-unsaturated/α-hetero) is 1. The van der Waals surface area contributed by atoms with Crippen molar-refractivity contribution in [2.24, 2.45) is 0 Å². The summed E-state index contributed by atoms with van der Waals surface area (Å²) in [6, 6.07) is 25.1. The Morgan fingerprint density at radius 1 is 0.730 bits per heavy atom. The van der Waals surface area contributed by atoms with Crippen LogP contribution < -0.4 is 33.2 Å². The number of nitrogens with zero attached hydrogens (tertiary/aromatic N) is 1. The van der Waals surface area contributed by atoms with Gasteiger partial charge in [0.05, 0.1) is 53.7 Å². The number of carbonyl (C=O) groups excluding carboxylic acids is 1. The number of ether oxygens (including phenoxy) is 9. The number of aromatic nitrogens is 1. The third kappa shape index (κ3) is 7.68. The number of aliphatic hydroxyl groups excluding tert-OH is 1. The first kappa shape index (κ1) is 43.1. The number of hydrogen-bond acceptors (Lipinski definition) is 12. The quantitative estimate of drug-likeness (QED) is 0.0652. The van der Waals surface area contributed by atoms with Crippen LogP contribution in [0.4, 0.5) is 0 Å². The maximum absolute atomic E-state index is 16.1. The molecule has 1 aromatic heterocycles. The number of methoxy groups -OCH3 is 4. The highest BCUT2D eigenvalue weighted by Crippen LogP contribution is 2.65. The summed E-state index contributed by atoms with van der Waals surface area (Å²) < 4.78 is 55.4. The zero-order valence-corrected chi connectivity index (χ0v) is 36.3. The maximum Gasteiger partial charge on any atom is 0.225 e. The second-order valence-corrected chi connectivity index (χ2v) is 15.2. The molecule has 12 nitrogen and oxygen atoms in total. The second kappa shape index (κ2) is 18.8. The van der Waals surface area contributed by atoms with Gasteiger partial charge in [0, 0.05) is 31.4 Å². The second-order valence-electron chi connectivity index (χ2n) is 15.2. The molecule has 1 N–H and O–H groups in total. The van der Waals surface area contributed by atoms with Gasteiger partial charge in [-0.15, -0.1) is 0 Å². The summed E-state index contributed by atoms with van der Waals surface area (Å²) in [5, 5.41) is 15.4. The van der Waals surface area contributed by atoms with Crippen molar-refractivity contribution < 1.29 is 52.5 Å². The monoisotopic (exact) mass is 853 g/mol. The highest BCUT2D eigenvalue weighted by molar-refractivity contribution is 6.20. The van der Waals surface area contributed by atoms with E-state index in [0.29, 0.717) is 52.1 Å². The highest BCUT2D eigenvalue weighted by atomic mass is 16.7. The van der Waals surface area contributed by atoms with Crippen molar-refractivity contribution in [3.05, 3.63) is 136 Å². The van der Waals surface area contributed by atoms with Crippen molar-refractivity contribution in [3.63, 3.8) is 0 Å². The molecule has 6 aromatic rings. The van der Waals surface area contributed by atoms with E-state index in [2.05, 4.69) is 6.07 Å². The Bertz CT molecular complexity index is 2700. The number of rotatable bonds is 18. The van der Waals surface area contributed by atoms with Crippen molar-refractivity contribution in [3.8, 4) is 40.4 Å². The molecule has 8 rings (SSSR count). The SMILES string of the molecule is C/C=C/C=C/c1cc2cc3c(c(OCc4ccccc4)c2c(OCC)n1)C1(CC3)C(=O)c2c(c(OC)c3c(OCOC)c(OC)cc(OCOC)c3c2OCc2ccccc2)C1O. The van der Waals surface area contributed by atoms with Crippen LogP contribution in [0, 0.1) is 0 Å². The smallest absolute Gasteiger partial charge is 0.225 e. The summed E-state index contributed by atoms with van der Waals surface area (Å²) in [5.41, 5.74) is 2.71. The average Bonchev–Trinajstić information content (AvgIpc) is 3.80. The first-order valence-corrected chi connectivity index (χ1v) is 20.9. The Morgan fingerprint density at radius 3 is 2.05 bits per heavy atom. The molecule has 0 saturated heterocycles. The van der Waals surface area contributed by atoms with Crippen molar-refractivity contribution in [1.82, 2.24) is 4.98 Å². The Morgan fingerprint density at radius 2 is 1.41 bits per heavy atom. The number of aryl methyl sites for hydroxylation is 1. The molecule has 0 aliphatic heterocycles. The van der Waals surface area contributed by atoms with E-state index < -0.39 is 11.5 Å². The van der Waals surface area contributed by atoms with Gasteiger partial charge < -0.3 is 47.7 Å². The molecule has 0 radical (unpaired) electrons. The van der Waals surface area contributed by atoms with Crippen molar-refractivity contribution in [1.29, 1.82) is 0 Å². The van der Waals surface area contributed by atoms with Crippen molar-refractivity contribution >= 4 is 33.4 Å². The van der Waals surface area contributed by atoms with Gasteiger partial charge in [0.1, 0.15) is 42.3 Å². The third-order valence-corrected chi connectivity index (χ3v) is 11.5. The summed E-state index contributed by atoms with van der Waals surface area (Å²) in [6.45, 7) is 4.14. The number of carbonyl (C=O) groups is 1. The summed E-state index contributed by atoms with van der Waals surface area (Å²) in [4.78, 5) is 21.0. The highest BCUT2D eigenvalue weighted by Gasteiger charge is 2.61. The molecule has 1 heterocycles. The Labute approximate surface area is 366 Å². The lowest BCUT2D eigenvalue weighted by Gasteiger charge is -2.30. The lowest BCUT2D eigenvalue weighted by atomic mass is 9.75. The molecule has 2 unspecified atom stereocenters. The molecule has 63 heavy (non-hydrogen) atoms. The van der Waals surface area contributed by atoms with Crippen LogP contribution in [-0.4, -0.2) is 64.5 Å². The van der Waals surface area contributed by atoms with E-state index in [1.165, 1.54) is 28.4 Å².